The van der Waals surface area contributed by atoms with Crippen LogP contribution in [0.25, 0.3) is 5.69 Å². The van der Waals surface area contributed by atoms with E-state index in [9.17, 15) is 0 Å². The van der Waals surface area contributed by atoms with E-state index in [4.69, 9.17) is 4.74 Å². The molecule has 1 aliphatic rings. The molecule has 6 heteroatoms. The number of nitrogens with one attached hydrogen (secondary N) is 1. The summed E-state index contributed by atoms with van der Waals surface area (Å²) < 4.78 is 7.58. The Balaban J connectivity index is 1.51. The topological polar surface area (TPSA) is 54.7 Å². The number of benzene rings is 1. The van der Waals surface area contributed by atoms with Gasteiger partial charge in [-0.05, 0) is 43.5 Å². The normalized spacial score (nSPS) is 16.2. The van der Waals surface area contributed by atoms with E-state index in [-0.39, 0.29) is 0 Å². The molecule has 0 aliphatic carbocycles. The van der Waals surface area contributed by atoms with Gasteiger partial charge in [-0.15, -0.1) is 0 Å². The quantitative estimate of drug-likeness (QED) is 0.670. The van der Waals surface area contributed by atoms with Crippen molar-refractivity contribution in [3.05, 3.63) is 48.3 Å². The first-order chi connectivity index (χ1) is 12.3. The number of hydrogen-bond donors (Lipinski definition) is 1. The Hall–Kier alpha value is -2.34. The summed E-state index contributed by atoms with van der Waals surface area (Å²) >= 11 is 0. The third-order valence-electron chi connectivity index (χ3n) is 4.51. The summed E-state index contributed by atoms with van der Waals surface area (Å²) in [6.45, 7) is 5.60. The molecule has 0 bridgehead atoms. The fourth-order valence-corrected chi connectivity index (χ4v) is 3.17. The van der Waals surface area contributed by atoms with Crippen LogP contribution in [0.4, 0.5) is 0 Å². The number of nitrogens with zero attached hydrogens (tertiary/aromatic N) is 4. The molecule has 2 aromatic rings. The molecule has 6 nitrogen and oxygen atoms in total. The first kappa shape index (κ1) is 17.5. The van der Waals surface area contributed by atoms with Gasteiger partial charge in [-0.3, -0.25) is 4.99 Å². The zero-order valence-electron chi connectivity index (χ0n) is 15.1. The van der Waals surface area contributed by atoms with Crippen LogP contribution in [0.5, 0.6) is 0 Å². The van der Waals surface area contributed by atoms with Crippen LogP contribution in [0.3, 0.4) is 0 Å². The van der Waals surface area contributed by atoms with Crippen LogP contribution in [-0.4, -0.2) is 53.5 Å². The van der Waals surface area contributed by atoms with Gasteiger partial charge in [-0.1, -0.05) is 12.1 Å². The molecule has 0 saturated carbocycles. The molecule has 2 heterocycles. The maximum absolute atomic E-state index is 5.72. The fraction of sp³-hybridized carbons (Fsp3) is 0.474. The SMILES string of the molecule is CCOC1CCN(C(=NC)NCc2ccc(-n3cccn3)cc2)CC1. The summed E-state index contributed by atoms with van der Waals surface area (Å²) in [6.07, 6.45) is 6.25. The number of guanidine groups is 1. The highest BCUT2D eigenvalue weighted by Gasteiger charge is 2.21. The molecule has 3 rings (SSSR count). The van der Waals surface area contributed by atoms with Gasteiger partial charge in [-0.2, -0.15) is 5.10 Å². The van der Waals surface area contributed by atoms with Gasteiger partial charge in [0.2, 0.25) is 0 Å². The average Bonchev–Trinajstić information content (AvgIpc) is 3.19. The van der Waals surface area contributed by atoms with Crippen LogP contribution in [0, 0.1) is 0 Å². The van der Waals surface area contributed by atoms with Crippen LogP contribution in [0.15, 0.2) is 47.7 Å². The maximum atomic E-state index is 5.72. The minimum atomic E-state index is 0.397. The number of likely N-dealkylation sites (tertiary alicyclic amines) is 1. The monoisotopic (exact) mass is 341 g/mol. The highest BCUT2D eigenvalue weighted by atomic mass is 16.5. The lowest BCUT2D eigenvalue weighted by molar-refractivity contribution is 0.0263. The van der Waals surface area contributed by atoms with Crippen molar-refractivity contribution in [2.75, 3.05) is 26.7 Å². The first-order valence-electron chi connectivity index (χ1n) is 8.96. The van der Waals surface area contributed by atoms with Crippen molar-refractivity contribution >= 4 is 5.96 Å². The number of rotatable bonds is 5. The Bertz CT molecular complexity index is 658. The maximum Gasteiger partial charge on any atom is 0.193 e. The molecule has 1 fully saturated rings. The van der Waals surface area contributed by atoms with Crippen molar-refractivity contribution < 1.29 is 4.74 Å². The smallest absolute Gasteiger partial charge is 0.193 e. The Morgan fingerprint density at radius 3 is 2.64 bits per heavy atom. The summed E-state index contributed by atoms with van der Waals surface area (Å²) in [7, 11) is 1.85. The van der Waals surface area contributed by atoms with Crippen LogP contribution >= 0.6 is 0 Å². The minimum Gasteiger partial charge on any atom is -0.378 e. The summed E-state index contributed by atoms with van der Waals surface area (Å²) in [4.78, 5) is 6.75. The standard InChI is InChI=1S/C19H27N5O/c1-3-25-18-9-13-23(14-10-18)19(20-2)21-15-16-5-7-17(8-6-16)24-12-4-11-22-24/h4-8,11-12,18H,3,9-10,13-15H2,1-2H3,(H,20,21). The van der Waals surface area contributed by atoms with Crippen molar-refractivity contribution in [2.24, 2.45) is 4.99 Å². The molecular weight excluding hydrogens is 314 g/mol. The van der Waals surface area contributed by atoms with E-state index in [1.54, 1.807) is 6.20 Å². The van der Waals surface area contributed by atoms with E-state index in [0.717, 1.165) is 50.7 Å². The lowest BCUT2D eigenvalue weighted by atomic mass is 10.1. The average molecular weight is 341 g/mol. The molecule has 1 aromatic carbocycles. The Morgan fingerprint density at radius 2 is 2.04 bits per heavy atom. The number of hydrogen-bond acceptors (Lipinski definition) is 3. The van der Waals surface area contributed by atoms with Gasteiger partial charge < -0.3 is 15.0 Å². The third-order valence-corrected chi connectivity index (χ3v) is 4.51. The molecule has 1 aromatic heterocycles. The van der Waals surface area contributed by atoms with Gasteiger partial charge in [0.25, 0.3) is 0 Å². The number of aliphatic imine (C=N–C) groups is 1. The van der Waals surface area contributed by atoms with Crippen molar-refractivity contribution in [3.63, 3.8) is 0 Å². The van der Waals surface area contributed by atoms with Crippen molar-refractivity contribution in [1.82, 2.24) is 20.0 Å². The highest BCUT2D eigenvalue weighted by Crippen LogP contribution is 2.14. The number of ether oxygens (including phenoxy) is 1. The second kappa shape index (κ2) is 8.67. The van der Waals surface area contributed by atoms with Gasteiger partial charge in [0.1, 0.15) is 0 Å². The highest BCUT2D eigenvalue weighted by molar-refractivity contribution is 5.80. The van der Waals surface area contributed by atoms with E-state index in [1.807, 2.05) is 24.0 Å². The molecule has 1 N–H and O–H groups in total. The Labute approximate surface area is 149 Å². The van der Waals surface area contributed by atoms with E-state index in [0.29, 0.717) is 6.10 Å². The van der Waals surface area contributed by atoms with E-state index in [2.05, 4.69) is 51.5 Å². The second-order valence-corrected chi connectivity index (χ2v) is 6.16. The molecule has 0 atom stereocenters. The molecule has 0 spiro atoms. The Morgan fingerprint density at radius 1 is 1.28 bits per heavy atom. The van der Waals surface area contributed by atoms with Gasteiger partial charge in [0.15, 0.2) is 5.96 Å². The lowest BCUT2D eigenvalue weighted by Gasteiger charge is -2.34. The van der Waals surface area contributed by atoms with Gasteiger partial charge in [0, 0.05) is 45.7 Å². The van der Waals surface area contributed by atoms with Gasteiger partial charge in [-0.25, -0.2) is 4.68 Å². The second-order valence-electron chi connectivity index (χ2n) is 6.16. The molecule has 25 heavy (non-hydrogen) atoms. The number of piperidine rings is 1. The summed E-state index contributed by atoms with van der Waals surface area (Å²) in [6, 6.07) is 10.3. The molecule has 1 saturated heterocycles. The summed E-state index contributed by atoms with van der Waals surface area (Å²) in [5, 5.41) is 7.72. The predicted octanol–water partition coefficient (Wildman–Crippen LogP) is 2.45. The zero-order chi connectivity index (χ0) is 17.5. The molecular formula is C19H27N5O. The van der Waals surface area contributed by atoms with Gasteiger partial charge in [0.05, 0.1) is 11.8 Å². The van der Waals surface area contributed by atoms with Crippen molar-refractivity contribution in [2.45, 2.75) is 32.4 Å². The number of aromatic nitrogens is 2. The van der Waals surface area contributed by atoms with E-state index in [1.165, 1.54) is 5.56 Å². The van der Waals surface area contributed by atoms with E-state index < -0.39 is 0 Å². The predicted molar refractivity (Wildman–Crippen MR) is 100.0 cm³/mol. The molecule has 0 unspecified atom stereocenters. The Kier molecular flexibility index (Phi) is 6.06. The summed E-state index contributed by atoms with van der Waals surface area (Å²) in [5.74, 6) is 0.964. The van der Waals surface area contributed by atoms with Crippen molar-refractivity contribution in [3.8, 4) is 5.69 Å². The molecule has 134 valence electrons. The van der Waals surface area contributed by atoms with Crippen LogP contribution in [0.2, 0.25) is 0 Å². The van der Waals surface area contributed by atoms with Crippen LogP contribution < -0.4 is 5.32 Å². The minimum absolute atomic E-state index is 0.397. The zero-order valence-corrected chi connectivity index (χ0v) is 15.1. The van der Waals surface area contributed by atoms with Gasteiger partial charge >= 0.3 is 0 Å². The third kappa shape index (κ3) is 4.60. The van der Waals surface area contributed by atoms with Crippen LogP contribution in [-0.2, 0) is 11.3 Å². The molecule has 0 radical (unpaired) electrons. The van der Waals surface area contributed by atoms with Crippen molar-refractivity contribution in [1.29, 1.82) is 0 Å². The molecule has 1 aliphatic heterocycles. The van der Waals surface area contributed by atoms with Crippen LogP contribution in [0.1, 0.15) is 25.3 Å². The van der Waals surface area contributed by atoms with E-state index >= 15 is 0 Å². The summed E-state index contributed by atoms with van der Waals surface area (Å²) in [5.41, 5.74) is 2.29. The largest absolute Gasteiger partial charge is 0.378 e. The fourth-order valence-electron chi connectivity index (χ4n) is 3.17. The lowest BCUT2D eigenvalue weighted by Crippen LogP contribution is -2.46. The molecule has 0 amide bonds. The first-order valence-corrected chi connectivity index (χ1v) is 8.96.